The number of amides is 1. The van der Waals surface area contributed by atoms with Crippen molar-refractivity contribution in [3.05, 3.63) is 108 Å². The number of hydrogen-bond donors (Lipinski definition) is 1. The zero-order valence-corrected chi connectivity index (χ0v) is 21.4. The van der Waals surface area contributed by atoms with Gasteiger partial charge in [-0.1, -0.05) is 45.0 Å². The minimum Gasteiger partial charge on any atom is -0.326 e. The smallest absolute Gasteiger partial charge is 0.228 e. The van der Waals surface area contributed by atoms with Crippen LogP contribution < -0.4 is 5.32 Å². The van der Waals surface area contributed by atoms with E-state index in [-0.39, 0.29) is 23.7 Å². The fourth-order valence-corrected chi connectivity index (χ4v) is 4.32. The molecule has 0 atom stereocenters. The molecule has 0 saturated heterocycles. The number of carbonyl (C=O) groups is 2. The second-order valence-electron chi connectivity index (χ2n) is 10.2. The Morgan fingerprint density at radius 3 is 2.45 bits per heavy atom. The van der Waals surface area contributed by atoms with Gasteiger partial charge in [0, 0.05) is 40.8 Å². The van der Waals surface area contributed by atoms with Gasteiger partial charge in [0.15, 0.2) is 5.78 Å². The number of nitrogens with one attached hydrogen (secondary N) is 1. The summed E-state index contributed by atoms with van der Waals surface area (Å²) in [6, 6.07) is 19.4. The summed E-state index contributed by atoms with van der Waals surface area (Å²) in [7, 11) is 0. The van der Waals surface area contributed by atoms with Crippen LogP contribution >= 0.6 is 0 Å². The molecule has 0 spiro atoms. The Hall–Kier alpha value is -4.65. The van der Waals surface area contributed by atoms with Crippen molar-refractivity contribution < 1.29 is 14.0 Å². The minimum absolute atomic E-state index is 0.0174. The van der Waals surface area contributed by atoms with E-state index in [9.17, 15) is 9.59 Å². The number of hydrogen-bond acceptors (Lipinski definition) is 4. The topological polar surface area (TPSA) is 76.4 Å². The first-order valence-electron chi connectivity index (χ1n) is 12.3. The second-order valence-corrected chi connectivity index (χ2v) is 10.2. The Bertz CT molecular complexity index is 1650. The summed E-state index contributed by atoms with van der Waals surface area (Å²) >= 11 is 0. The first-order chi connectivity index (χ1) is 18.2. The summed E-state index contributed by atoms with van der Waals surface area (Å²) < 4.78 is 17.0. The van der Waals surface area contributed by atoms with E-state index < -0.39 is 11.2 Å². The largest absolute Gasteiger partial charge is 0.326 e. The minimum atomic E-state index is -0.532. The number of rotatable bonds is 6. The summed E-state index contributed by atoms with van der Waals surface area (Å²) in [5, 5.41) is 2.77. The maximum Gasteiger partial charge on any atom is 0.228 e. The highest BCUT2D eigenvalue weighted by molar-refractivity contribution is 6.01. The first-order valence-corrected chi connectivity index (χ1v) is 12.3. The molecule has 6 nitrogen and oxygen atoms in total. The van der Waals surface area contributed by atoms with Crippen molar-refractivity contribution in [2.45, 2.75) is 27.2 Å². The van der Waals surface area contributed by atoms with Crippen LogP contribution in [0.15, 0.2) is 91.5 Å². The van der Waals surface area contributed by atoms with Crippen LogP contribution in [0.5, 0.6) is 0 Å². The number of carbonyl (C=O) groups excluding carboxylic acids is 2. The van der Waals surface area contributed by atoms with Crippen molar-refractivity contribution in [2.24, 2.45) is 5.41 Å². The monoisotopic (exact) mass is 506 g/mol. The maximum absolute atomic E-state index is 15.1. The number of fused-ring (bicyclic) bond motifs is 1. The predicted molar refractivity (Wildman–Crippen MR) is 146 cm³/mol. The number of nitrogens with zero attached hydrogens (tertiary/aromatic N) is 3. The molecule has 0 saturated carbocycles. The molecule has 1 amide bonds. The number of pyridine rings is 2. The van der Waals surface area contributed by atoms with Gasteiger partial charge in [-0.3, -0.25) is 19.0 Å². The van der Waals surface area contributed by atoms with E-state index in [0.29, 0.717) is 16.8 Å². The number of anilines is 1. The average Bonchev–Trinajstić information content (AvgIpc) is 3.33. The number of benzene rings is 2. The Morgan fingerprint density at radius 2 is 1.71 bits per heavy atom. The number of aromatic nitrogens is 3. The summed E-state index contributed by atoms with van der Waals surface area (Å²) in [5.74, 6) is -0.857. The van der Waals surface area contributed by atoms with E-state index in [4.69, 9.17) is 0 Å². The van der Waals surface area contributed by atoms with Crippen molar-refractivity contribution in [1.82, 2.24) is 14.4 Å². The van der Waals surface area contributed by atoms with Crippen LogP contribution in [0.2, 0.25) is 0 Å². The van der Waals surface area contributed by atoms with Gasteiger partial charge in [0.2, 0.25) is 5.91 Å². The number of Topliss-reactive ketones (excluding diaryl/α,β-unsaturated/α-hetero) is 1. The lowest BCUT2D eigenvalue weighted by Gasteiger charge is -2.17. The standard InChI is InChI=1S/C31H27FN4O2/c1-31(2,3)30(38)24-5-4-6-25(15-24)35-29(37)18-22-7-8-23(16-26(22)32)27-19-34-28-17-21(11-14-36(27)28)20-9-12-33-13-10-20/h4-17,19H,18H2,1-3H3,(H,35,37). The quantitative estimate of drug-likeness (QED) is 0.263. The van der Waals surface area contributed by atoms with Crippen LogP contribution in [0.25, 0.3) is 28.0 Å². The van der Waals surface area contributed by atoms with E-state index in [1.807, 2.05) is 55.6 Å². The summed E-state index contributed by atoms with van der Waals surface area (Å²) in [6.45, 7) is 5.54. The van der Waals surface area contributed by atoms with Gasteiger partial charge in [-0.15, -0.1) is 0 Å². The molecule has 1 N–H and O–H groups in total. The average molecular weight is 507 g/mol. The van der Waals surface area contributed by atoms with Crippen molar-refractivity contribution in [2.75, 3.05) is 5.32 Å². The molecule has 0 aliphatic rings. The lowest BCUT2D eigenvalue weighted by Crippen LogP contribution is -2.20. The zero-order valence-electron chi connectivity index (χ0n) is 21.4. The van der Waals surface area contributed by atoms with Crippen molar-refractivity contribution in [3.63, 3.8) is 0 Å². The van der Waals surface area contributed by atoms with Crippen molar-refractivity contribution in [1.29, 1.82) is 0 Å². The molecule has 5 aromatic rings. The van der Waals surface area contributed by atoms with Crippen LogP contribution in [0.4, 0.5) is 10.1 Å². The Morgan fingerprint density at radius 1 is 0.921 bits per heavy atom. The lowest BCUT2D eigenvalue weighted by atomic mass is 9.86. The Kier molecular flexibility index (Phi) is 6.59. The Labute approximate surface area is 220 Å². The van der Waals surface area contributed by atoms with Crippen LogP contribution in [0.1, 0.15) is 36.7 Å². The van der Waals surface area contributed by atoms with Crippen LogP contribution in [-0.4, -0.2) is 26.1 Å². The highest BCUT2D eigenvalue weighted by Crippen LogP contribution is 2.27. The third kappa shape index (κ3) is 5.22. The molecule has 5 rings (SSSR count). The van der Waals surface area contributed by atoms with E-state index in [0.717, 1.165) is 22.5 Å². The normalized spacial score (nSPS) is 11.5. The first kappa shape index (κ1) is 25.0. The van der Waals surface area contributed by atoms with Gasteiger partial charge in [-0.2, -0.15) is 0 Å². The molecular weight excluding hydrogens is 479 g/mol. The Balaban J connectivity index is 1.32. The van der Waals surface area contributed by atoms with E-state index >= 15 is 4.39 Å². The molecule has 0 unspecified atom stereocenters. The molecule has 0 radical (unpaired) electrons. The van der Waals surface area contributed by atoms with E-state index in [2.05, 4.69) is 15.3 Å². The van der Waals surface area contributed by atoms with Crippen LogP contribution in [0.3, 0.4) is 0 Å². The molecule has 0 fully saturated rings. The molecule has 0 aliphatic carbocycles. The van der Waals surface area contributed by atoms with Gasteiger partial charge in [-0.25, -0.2) is 9.37 Å². The predicted octanol–water partition coefficient (Wildman–Crippen LogP) is 6.61. The second kappa shape index (κ2) is 10.0. The SMILES string of the molecule is CC(C)(C)C(=O)c1cccc(NC(=O)Cc2ccc(-c3cnc4cc(-c5ccncc5)ccn34)cc2F)c1. The van der Waals surface area contributed by atoms with Crippen molar-refractivity contribution >= 4 is 23.0 Å². The van der Waals surface area contributed by atoms with Crippen molar-refractivity contribution in [3.8, 4) is 22.4 Å². The van der Waals surface area contributed by atoms with Gasteiger partial charge >= 0.3 is 0 Å². The molecule has 7 heteroatoms. The highest BCUT2D eigenvalue weighted by atomic mass is 19.1. The number of ketones is 1. The third-order valence-corrected chi connectivity index (χ3v) is 6.32. The molecule has 0 aliphatic heterocycles. The fraction of sp³-hybridized carbons (Fsp3) is 0.161. The van der Waals surface area contributed by atoms with E-state index in [1.54, 1.807) is 55.0 Å². The van der Waals surface area contributed by atoms with Gasteiger partial charge < -0.3 is 5.32 Å². The fourth-order valence-electron chi connectivity index (χ4n) is 4.32. The third-order valence-electron chi connectivity index (χ3n) is 6.32. The van der Waals surface area contributed by atoms with Crippen LogP contribution in [-0.2, 0) is 11.2 Å². The zero-order chi connectivity index (χ0) is 26.9. The summed E-state index contributed by atoms with van der Waals surface area (Å²) in [4.78, 5) is 33.8. The van der Waals surface area contributed by atoms with Gasteiger partial charge in [0.1, 0.15) is 11.5 Å². The van der Waals surface area contributed by atoms with Gasteiger partial charge in [0.25, 0.3) is 0 Å². The van der Waals surface area contributed by atoms with Gasteiger partial charge in [-0.05, 0) is 59.2 Å². The lowest BCUT2D eigenvalue weighted by molar-refractivity contribution is -0.115. The van der Waals surface area contributed by atoms with E-state index in [1.165, 1.54) is 6.07 Å². The molecule has 190 valence electrons. The summed E-state index contributed by atoms with van der Waals surface area (Å²) in [5.41, 5.74) is 4.96. The van der Waals surface area contributed by atoms with Crippen LogP contribution in [0, 0.1) is 11.2 Å². The summed E-state index contributed by atoms with van der Waals surface area (Å²) in [6.07, 6.45) is 6.97. The molecule has 2 aromatic carbocycles. The molecule has 38 heavy (non-hydrogen) atoms. The molecular formula is C31H27FN4O2. The van der Waals surface area contributed by atoms with Gasteiger partial charge in [0.05, 0.1) is 18.3 Å². The number of imidazole rings is 1. The molecule has 0 bridgehead atoms. The highest BCUT2D eigenvalue weighted by Gasteiger charge is 2.23. The molecule has 3 aromatic heterocycles. The maximum atomic E-state index is 15.1. The number of halogens is 1. The molecule has 3 heterocycles.